The average molecular weight is 243 g/mol. The number of aliphatic hydroxyl groups is 1. The van der Waals surface area contributed by atoms with Crippen molar-refractivity contribution in [2.75, 3.05) is 20.3 Å². The fourth-order valence-corrected chi connectivity index (χ4v) is 1.53. The zero-order chi connectivity index (χ0) is 12.7. The van der Waals surface area contributed by atoms with Gasteiger partial charge in [-0.1, -0.05) is 0 Å². The smallest absolute Gasteiger partial charge is 0.122 e. The van der Waals surface area contributed by atoms with Crippen molar-refractivity contribution in [1.82, 2.24) is 9.55 Å². The van der Waals surface area contributed by atoms with Crippen LogP contribution in [0.15, 0.2) is 12.4 Å². The first-order valence-electron chi connectivity index (χ1n) is 5.66. The van der Waals surface area contributed by atoms with E-state index in [1.54, 1.807) is 19.5 Å². The van der Waals surface area contributed by atoms with Crippen molar-refractivity contribution in [3.8, 4) is 0 Å². The molecule has 3 N–H and O–H groups in total. The number of hydrogen-bond acceptors (Lipinski definition) is 5. The topological polar surface area (TPSA) is 82.5 Å². The number of imidazole rings is 1. The maximum Gasteiger partial charge on any atom is 0.122 e. The highest BCUT2D eigenvalue weighted by Gasteiger charge is 2.10. The van der Waals surface area contributed by atoms with Crippen molar-refractivity contribution in [2.24, 2.45) is 5.73 Å². The highest BCUT2D eigenvalue weighted by atomic mass is 16.5. The Morgan fingerprint density at radius 2 is 2.29 bits per heavy atom. The van der Waals surface area contributed by atoms with Crippen molar-refractivity contribution in [2.45, 2.75) is 32.2 Å². The highest BCUT2D eigenvalue weighted by molar-refractivity contribution is 4.91. The van der Waals surface area contributed by atoms with Gasteiger partial charge in [0.2, 0.25) is 0 Å². The van der Waals surface area contributed by atoms with E-state index in [0.717, 1.165) is 5.82 Å². The molecular weight excluding hydrogens is 222 g/mol. The first-order valence-corrected chi connectivity index (χ1v) is 5.66. The number of hydrogen-bond donors (Lipinski definition) is 2. The summed E-state index contributed by atoms with van der Waals surface area (Å²) in [6.07, 6.45) is 2.87. The van der Waals surface area contributed by atoms with Crippen LogP contribution in [0.5, 0.6) is 0 Å². The molecule has 1 rings (SSSR count). The molecule has 0 aliphatic rings. The maximum atomic E-state index is 9.80. The van der Waals surface area contributed by atoms with Crippen LogP contribution in [0.3, 0.4) is 0 Å². The van der Waals surface area contributed by atoms with Gasteiger partial charge in [-0.15, -0.1) is 0 Å². The van der Waals surface area contributed by atoms with E-state index in [-0.39, 0.29) is 12.7 Å². The Morgan fingerprint density at radius 3 is 2.94 bits per heavy atom. The monoisotopic (exact) mass is 243 g/mol. The molecule has 1 aromatic heterocycles. The molecule has 2 unspecified atom stereocenters. The molecule has 0 aromatic carbocycles. The lowest BCUT2D eigenvalue weighted by Crippen LogP contribution is -2.27. The standard InChI is InChI=1S/C11H21N3O3/c1-9(7-16-2)17-8-10(15)6-14-4-3-13-11(14)5-12/h3-4,9-10,15H,5-8,12H2,1-2H3. The van der Waals surface area contributed by atoms with Crippen LogP contribution in [-0.4, -0.2) is 47.2 Å². The fraction of sp³-hybridized carbons (Fsp3) is 0.727. The van der Waals surface area contributed by atoms with Gasteiger partial charge in [0.05, 0.1) is 38.5 Å². The molecule has 0 fully saturated rings. The van der Waals surface area contributed by atoms with Gasteiger partial charge in [0.25, 0.3) is 0 Å². The Morgan fingerprint density at radius 1 is 1.53 bits per heavy atom. The maximum absolute atomic E-state index is 9.80. The summed E-state index contributed by atoms with van der Waals surface area (Å²) in [5.74, 6) is 0.758. The van der Waals surface area contributed by atoms with Gasteiger partial charge in [-0.2, -0.15) is 0 Å². The van der Waals surface area contributed by atoms with Crippen LogP contribution in [-0.2, 0) is 22.6 Å². The molecule has 17 heavy (non-hydrogen) atoms. The fourth-order valence-electron chi connectivity index (χ4n) is 1.53. The minimum Gasteiger partial charge on any atom is -0.389 e. The first-order chi connectivity index (χ1) is 8.17. The minimum atomic E-state index is -0.575. The molecule has 1 heterocycles. The van der Waals surface area contributed by atoms with E-state index in [2.05, 4.69) is 4.98 Å². The Bertz CT molecular complexity index is 317. The second-order valence-corrected chi connectivity index (χ2v) is 3.95. The molecule has 1 aromatic rings. The van der Waals surface area contributed by atoms with Crippen LogP contribution in [0.25, 0.3) is 0 Å². The predicted molar refractivity (Wildman–Crippen MR) is 63.4 cm³/mol. The zero-order valence-electron chi connectivity index (χ0n) is 10.4. The van der Waals surface area contributed by atoms with E-state index in [1.165, 1.54) is 0 Å². The third-order valence-corrected chi connectivity index (χ3v) is 2.37. The number of rotatable bonds is 8. The third-order valence-electron chi connectivity index (χ3n) is 2.37. The highest BCUT2D eigenvalue weighted by Crippen LogP contribution is 2.01. The molecule has 0 saturated heterocycles. The van der Waals surface area contributed by atoms with Gasteiger partial charge in [0.1, 0.15) is 5.82 Å². The number of aromatic nitrogens is 2. The predicted octanol–water partition coefficient (Wildman–Crippen LogP) is -0.246. The van der Waals surface area contributed by atoms with Crippen LogP contribution in [0.2, 0.25) is 0 Å². The van der Waals surface area contributed by atoms with Gasteiger partial charge >= 0.3 is 0 Å². The molecule has 6 nitrogen and oxygen atoms in total. The van der Waals surface area contributed by atoms with Crippen LogP contribution in [0.1, 0.15) is 12.7 Å². The van der Waals surface area contributed by atoms with Crippen LogP contribution in [0.4, 0.5) is 0 Å². The van der Waals surface area contributed by atoms with Gasteiger partial charge in [0.15, 0.2) is 0 Å². The summed E-state index contributed by atoms with van der Waals surface area (Å²) in [5.41, 5.74) is 5.52. The molecule has 2 atom stereocenters. The van der Waals surface area contributed by atoms with Gasteiger partial charge in [-0.25, -0.2) is 4.98 Å². The van der Waals surface area contributed by atoms with E-state index >= 15 is 0 Å². The van der Waals surface area contributed by atoms with Gasteiger partial charge < -0.3 is 24.9 Å². The molecular formula is C11H21N3O3. The molecule has 0 amide bonds. The zero-order valence-corrected chi connectivity index (χ0v) is 10.4. The van der Waals surface area contributed by atoms with Crippen molar-refractivity contribution in [3.63, 3.8) is 0 Å². The van der Waals surface area contributed by atoms with Gasteiger partial charge in [-0.3, -0.25) is 0 Å². The van der Waals surface area contributed by atoms with E-state index in [9.17, 15) is 5.11 Å². The van der Waals surface area contributed by atoms with Crippen LogP contribution < -0.4 is 5.73 Å². The quantitative estimate of drug-likeness (QED) is 0.658. The summed E-state index contributed by atoms with van der Waals surface area (Å²) >= 11 is 0. The third kappa shape index (κ3) is 4.82. The summed E-state index contributed by atoms with van der Waals surface area (Å²) < 4.78 is 12.2. The minimum absolute atomic E-state index is 0.0218. The van der Waals surface area contributed by atoms with Crippen molar-refractivity contribution in [1.29, 1.82) is 0 Å². The summed E-state index contributed by atoms with van der Waals surface area (Å²) in [6, 6.07) is 0. The molecule has 0 aliphatic heterocycles. The van der Waals surface area contributed by atoms with Gasteiger partial charge in [0, 0.05) is 19.5 Å². The van der Waals surface area contributed by atoms with E-state index in [4.69, 9.17) is 15.2 Å². The Balaban J connectivity index is 2.32. The lowest BCUT2D eigenvalue weighted by Gasteiger charge is -2.17. The first kappa shape index (κ1) is 14.1. The number of methoxy groups -OCH3 is 1. The number of ether oxygens (including phenoxy) is 2. The normalized spacial score (nSPS) is 14.8. The number of aliphatic hydroxyl groups excluding tert-OH is 1. The number of nitrogens with zero attached hydrogens (tertiary/aromatic N) is 2. The summed E-state index contributed by atoms with van der Waals surface area (Å²) in [7, 11) is 1.62. The summed E-state index contributed by atoms with van der Waals surface area (Å²) in [5, 5.41) is 9.80. The second-order valence-electron chi connectivity index (χ2n) is 3.95. The number of nitrogens with two attached hydrogens (primary N) is 1. The molecule has 0 aliphatic carbocycles. The lowest BCUT2D eigenvalue weighted by atomic mass is 10.3. The van der Waals surface area contributed by atoms with E-state index in [1.807, 2.05) is 11.5 Å². The van der Waals surface area contributed by atoms with E-state index < -0.39 is 6.10 Å². The van der Waals surface area contributed by atoms with Crippen LogP contribution >= 0.6 is 0 Å². The van der Waals surface area contributed by atoms with Crippen LogP contribution in [0, 0.1) is 0 Å². The summed E-state index contributed by atoms with van der Waals surface area (Å²) in [4.78, 5) is 4.08. The van der Waals surface area contributed by atoms with Crippen molar-refractivity contribution < 1.29 is 14.6 Å². The lowest BCUT2D eigenvalue weighted by molar-refractivity contribution is -0.0357. The largest absolute Gasteiger partial charge is 0.389 e. The molecule has 0 saturated carbocycles. The molecule has 98 valence electrons. The van der Waals surface area contributed by atoms with Crippen molar-refractivity contribution >= 4 is 0 Å². The second kappa shape index (κ2) is 7.39. The van der Waals surface area contributed by atoms with E-state index in [0.29, 0.717) is 19.7 Å². The SMILES string of the molecule is COCC(C)OCC(O)Cn1ccnc1CN. The Labute approximate surface area is 101 Å². The molecule has 0 bridgehead atoms. The molecule has 6 heteroatoms. The molecule has 0 radical (unpaired) electrons. The summed E-state index contributed by atoms with van der Waals surface area (Å²) in [6.45, 7) is 3.49. The van der Waals surface area contributed by atoms with Crippen molar-refractivity contribution in [3.05, 3.63) is 18.2 Å². The van der Waals surface area contributed by atoms with Gasteiger partial charge in [-0.05, 0) is 6.92 Å². The average Bonchev–Trinajstić information content (AvgIpc) is 2.74. The Hall–Kier alpha value is -0.950. The molecule has 0 spiro atoms. The Kier molecular flexibility index (Phi) is 6.13.